The molecule has 2 heterocycles. The minimum Gasteiger partial charge on any atom is -0.461 e. The van der Waals surface area contributed by atoms with Crippen molar-refractivity contribution in [3.8, 4) is 0 Å². The number of esters is 1. The van der Waals surface area contributed by atoms with Gasteiger partial charge in [-0.1, -0.05) is 0 Å². The summed E-state index contributed by atoms with van der Waals surface area (Å²) in [7, 11) is 0. The highest BCUT2D eigenvalue weighted by Crippen LogP contribution is 2.25. The molecule has 0 fully saturated rings. The molecule has 14 heavy (non-hydrogen) atoms. The maximum absolute atomic E-state index is 11.4. The van der Waals surface area contributed by atoms with Crippen LogP contribution in [-0.4, -0.2) is 29.2 Å². The number of fused-ring (bicyclic) bond motifs is 1. The molecule has 0 aromatic carbocycles. The van der Waals surface area contributed by atoms with Gasteiger partial charge in [0.15, 0.2) is 11.5 Å². The van der Waals surface area contributed by atoms with Crippen LogP contribution < -0.4 is 10.6 Å². The second-order valence-electron chi connectivity index (χ2n) is 2.70. The number of rotatable bonds is 2. The topological polar surface area (TPSA) is 76.1 Å². The van der Waals surface area contributed by atoms with E-state index in [2.05, 4.69) is 20.6 Å². The van der Waals surface area contributed by atoms with Crippen molar-refractivity contribution in [2.24, 2.45) is 0 Å². The van der Waals surface area contributed by atoms with Gasteiger partial charge in [-0.05, 0) is 6.92 Å². The summed E-state index contributed by atoms with van der Waals surface area (Å²) in [6.45, 7) is 2.65. The molecular weight excluding hydrogens is 184 g/mol. The first kappa shape index (κ1) is 8.74. The number of nitrogens with one attached hydrogen (secondary N) is 2. The van der Waals surface area contributed by atoms with Crippen LogP contribution in [0.5, 0.6) is 0 Å². The third-order valence-corrected chi connectivity index (χ3v) is 1.84. The Labute approximate surface area is 80.7 Å². The fourth-order valence-electron chi connectivity index (χ4n) is 1.26. The average molecular weight is 194 g/mol. The SMILES string of the molecule is CCOC(=O)c1ncnc2c1NCN2. The Hall–Kier alpha value is -1.85. The normalized spacial score (nSPS) is 12.6. The van der Waals surface area contributed by atoms with Crippen molar-refractivity contribution in [2.75, 3.05) is 23.9 Å². The van der Waals surface area contributed by atoms with E-state index < -0.39 is 5.97 Å². The fourth-order valence-corrected chi connectivity index (χ4v) is 1.26. The molecule has 6 nitrogen and oxygen atoms in total. The van der Waals surface area contributed by atoms with Gasteiger partial charge in [-0.2, -0.15) is 0 Å². The van der Waals surface area contributed by atoms with E-state index in [1.165, 1.54) is 6.33 Å². The maximum Gasteiger partial charge on any atom is 0.359 e. The predicted molar refractivity (Wildman–Crippen MR) is 50.1 cm³/mol. The van der Waals surface area contributed by atoms with Gasteiger partial charge < -0.3 is 15.4 Å². The molecule has 6 heteroatoms. The van der Waals surface area contributed by atoms with Crippen LogP contribution in [0.15, 0.2) is 6.33 Å². The molecular formula is C8H10N4O2. The number of anilines is 2. The van der Waals surface area contributed by atoms with Crippen molar-refractivity contribution < 1.29 is 9.53 Å². The largest absolute Gasteiger partial charge is 0.461 e. The summed E-state index contributed by atoms with van der Waals surface area (Å²) >= 11 is 0. The fraction of sp³-hybridized carbons (Fsp3) is 0.375. The van der Waals surface area contributed by atoms with E-state index in [4.69, 9.17) is 4.74 Å². The maximum atomic E-state index is 11.4. The van der Waals surface area contributed by atoms with Crippen molar-refractivity contribution in [1.82, 2.24) is 9.97 Å². The lowest BCUT2D eigenvalue weighted by Crippen LogP contribution is -2.09. The van der Waals surface area contributed by atoms with E-state index >= 15 is 0 Å². The minimum absolute atomic E-state index is 0.279. The highest BCUT2D eigenvalue weighted by Gasteiger charge is 2.21. The third-order valence-electron chi connectivity index (χ3n) is 1.84. The van der Waals surface area contributed by atoms with Crippen LogP contribution >= 0.6 is 0 Å². The molecule has 2 N–H and O–H groups in total. The van der Waals surface area contributed by atoms with Gasteiger partial charge in [0.2, 0.25) is 0 Å². The van der Waals surface area contributed by atoms with Crippen LogP contribution in [0.2, 0.25) is 0 Å². The van der Waals surface area contributed by atoms with Gasteiger partial charge >= 0.3 is 5.97 Å². The van der Waals surface area contributed by atoms with Crippen molar-refractivity contribution in [3.63, 3.8) is 0 Å². The third kappa shape index (κ3) is 1.34. The molecule has 0 saturated carbocycles. The first-order valence-electron chi connectivity index (χ1n) is 4.32. The van der Waals surface area contributed by atoms with Crippen LogP contribution in [0.4, 0.5) is 11.5 Å². The van der Waals surface area contributed by atoms with Crippen LogP contribution in [0.3, 0.4) is 0 Å². The molecule has 0 atom stereocenters. The molecule has 0 radical (unpaired) electrons. The predicted octanol–water partition coefficient (Wildman–Crippen LogP) is 0.448. The first-order chi connectivity index (χ1) is 6.83. The Bertz CT molecular complexity index is 366. The molecule has 0 aliphatic carbocycles. The Morgan fingerprint density at radius 2 is 2.43 bits per heavy atom. The molecule has 0 bridgehead atoms. The summed E-state index contributed by atoms with van der Waals surface area (Å²) in [4.78, 5) is 19.3. The van der Waals surface area contributed by atoms with Gasteiger partial charge in [0.05, 0.1) is 13.3 Å². The molecule has 1 aliphatic rings. The molecule has 1 aromatic rings. The standard InChI is InChI=1S/C8H10N4O2/c1-2-14-8(13)6-5-7(11-3-9-5)12-4-10-6/h4,9H,2-3H2,1H3,(H,10,11,12). The van der Waals surface area contributed by atoms with Gasteiger partial charge in [0.1, 0.15) is 12.0 Å². The highest BCUT2D eigenvalue weighted by molar-refractivity contribution is 5.97. The lowest BCUT2D eigenvalue weighted by Gasteiger charge is -2.04. The van der Waals surface area contributed by atoms with Gasteiger partial charge in [-0.3, -0.25) is 0 Å². The smallest absolute Gasteiger partial charge is 0.359 e. The molecule has 0 spiro atoms. The number of hydrogen-bond acceptors (Lipinski definition) is 6. The zero-order valence-corrected chi connectivity index (χ0v) is 7.70. The molecule has 2 rings (SSSR count). The zero-order chi connectivity index (χ0) is 9.97. The lowest BCUT2D eigenvalue weighted by atomic mass is 10.3. The number of hydrogen-bond donors (Lipinski definition) is 2. The Morgan fingerprint density at radius 1 is 1.57 bits per heavy atom. The number of aromatic nitrogens is 2. The van der Waals surface area contributed by atoms with E-state index in [1.54, 1.807) is 6.92 Å². The molecule has 0 saturated heterocycles. The number of carbonyl (C=O) groups excluding carboxylic acids is 1. The van der Waals surface area contributed by atoms with E-state index in [0.717, 1.165) is 0 Å². The zero-order valence-electron chi connectivity index (χ0n) is 7.70. The highest BCUT2D eigenvalue weighted by atomic mass is 16.5. The van der Waals surface area contributed by atoms with Gasteiger partial charge in [-0.15, -0.1) is 0 Å². The first-order valence-corrected chi connectivity index (χ1v) is 4.32. The lowest BCUT2D eigenvalue weighted by molar-refractivity contribution is 0.0520. The van der Waals surface area contributed by atoms with Crippen LogP contribution in [0, 0.1) is 0 Å². The van der Waals surface area contributed by atoms with Crippen LogP contribution in [-0.2, 0) is 4.74 Å². The monoisotopic (exact) mass is 194 g/mol. The van der Waals surface area contributed by atoms with Gasteiger partial charge in [-0.25, -0.2) is 14.8 Å². The van der Waals surface area contributed by atoms with Crippen molar-refractivity contribution in [1.29, 1.82) is 0 Å². The van der Waals surface area contributed by atoms with E-state index in [-0.39, 0.29) is 5.69 Å². The minimum atomic E-state index is -0.428. The number of nitrogens with zero attached hydrogens (tertiary/aromatic N) is 2. The van der Waals surface area contributed by atoms with Crippen molar-refractivity contribution in [3.05, 3.63) is 12.0 Å². The van der Waals surface area contributed by atoms with Crippen molar-refractivity contribution in [2.45, 2.75) is 6.92 Å². The average Bonchev–Trinajstić information content (AvgIpc) is 2.65. The second-order valence-corrected chi connectivity index (χ2v) is 2.70. The van der Waals surface area contributed by atoms with Crippen LogP contribution in [0.1, 0.15) is 17.4 Å². The Morgan fingerprint density at radius 3 is 3.21 bits per heavy atom. The Balaban J connectivity index is 2.34. The second kappa shape index (κ2) is 3.49. The Kier molecular flexibility index (Phi) is 2.18. The van der Waals surface area contributed by atoms with E-state index in [9.17, 15) is 4.79 Å². The molecule has 0 unspecified atom stereocenters. The van der Waals surface area contributed by atoms with Crippen LogP contribution in [0.25, 0.3) is 0 Å². The van der Waals surface area contributed by atoms with Gasteiger partial charge in [0, 0.05) is 0 Å². The molecule has 1 aliphatic heterocycles. The summed E-state index contributed by atoms with van der Waals surface area (Å²) in [5.74, 6) is 0.213. The number of carbonyl (C=O) groups is 1. The van der Waals surface area contributed by atoms with Gasteiger partial charge in [0.25, 0.3) is 0 Å². The summed E-state index contributed by atoms with van der Waals surface area (Å²) in [5, 5.41) is 5.94. The van der Waals surface area contributed by atoms with E-state index in [1.807, 2.05) is 0 Å². The summed E-state index contributed by atoms with van der Waals surface area (Å²) in [6, 6.07) is 0. The van der Waals surface area contributed by atoms with Crippen molar-refractivity contribution >= 4 is 17.5 Å². The summed E-state index contributed by atoms with van der Waals surface area (Å²) in [6.07, 6.45) is 1.34. The molecule has 0 amide bonds. The van der Waals surface area contributed by atoms with E-state index in [0.29, 0.717) is 24.8 Å². The molecule has 74 valence electrons. The molecule has 1 aromatic heterocycles. The number of ether oxygens (including phenoxy) is 1. The summed E-state index contributed by atoms with van der Waals surface area (Å²) in [5.41, 5.74) is 0.896. The quantitative estimate of drug-likeness (QED) is 0.665. The summed E-state index contributed by atoms with van der Waals surface area (Å²) < 4.78 is 4.86.